The van der Waals surface area contributed by atoms with Crippen LogP contribution in [0.4, 0.5) is 0 Å². The molecule has 0 amide bonds. The Balaban J connectivity index is 1.85. The number of nitrogens with zero attached hydrogens (tertiary/aromatic N) is 4. The monoisotopic (exact) mass is 393 g/mol. The molecule has 4 aromatic rings. The fourth-order valence-corrected chi connectivity index (χ4v) is 4.17. The summed E-state index contributed by atoms with van der Waals surface area (Å²) in [4.78, 5) is 13.1. The minimum absolute atomic E-state index is 0.321. The molecule has 1 unspecified atom stereocenters. The second-order valence-electron chi connectivity index (χ2n) is 6.14. The van der Waals surface area contributed by atoms with Gasteiger partial charge in [0.05, 0.1) is 17.5 Å². The van der Waals surface area contributed by atoms with Gasteiger partial charge in [-0.25, -0.2) is 14.2 Å². The Morgan fingerprint density at radius 2 is 1.96 bits per heavy atom. The molecular weight excluding hydrogens is 374 g/mol. The topological polar surface area (TPSA) is 81.9 Å². The van der Waals surface area contributed by atoms with Crippen LogP contribution in [0.5, 0.6) is 6.01 Å². The molecule has 0 saturated heterocycles. The number of fused-ring (bicyclic) bond motifs is 1. The fourth-order valence-electron chi connectivity index (χ4n) is 3.05. The van der Waals surface area contributed by atoms with Crippen molar-refractivity contribution >= 4 is 21.9 Å². The minimum atomic E-state index is -1.40. The second kappa shape index (κ2) is 7.87. The number of rotatable bonds is 6. The van der Waals surface area contributed by atoms with Gasteiger partial charge in [0.15, 0.2) is 11.0 Å². The summed E-state index contributed by atoms with van der Waals surface area (Å²) < 4.78 is 20.0. The SMILES string of the molecule is CNCc1cn(S(=O)c2cccnc2)c2cc(-c3cnc(OC)nc3)ccc12. The fraction of sp³-hybridized carbons (Fsp3) is 0.150. The zero-order valence-corrected chi connectivity index (χ0v) is 16.3. The molecule has 4 rings (SSSR count). The lowest BCUT2D eigenvalue weighted by atomic mass is 10.1. The van der Waals surface area contributed by atoms with Crippen LogP contribution in [0.15, 0.2) is 66.2 Å². The van der Waals surface area contributed by atoms with Gasteiger partial charge in [-0.2, -0.15) is 0 Å². The molecule has 3 aromatic heterocycles. The molecule has 0 fully saturated rings. The van der Waals surface area contributed by atoms with E-state index in [-0.39, 0.29) is 0 Å². The molecule has 1 N–H and O–H groups in total. The van der Waals surface area contributed by atoms with E-state index in [2.05, 4.69) is 20.3 Å². The summed E-state index contributed by atoms with van der Waals surface area (Å²) in [5.41, 5.74) is 3.75. The molecule has 142 valence electrons. The molecule has 0 aliphatic carbocycles. The van der Waals surface area contributed by atoms with E-state index in [9.17, 15) is 4.21 Å². The van der Waals surface area contributed by atoms with Gasteiger partial charge in [-0.05, 0) is 36.4 Å². The number of nitrogens with one attached hydrogen (secondary N) is 1. The van der Waals surface area contributed by atoms with E-state index < -0.39 is 11.0 Å². The van der Waals surface area contributed by atoms with Crippen LogP contribution in [0.2, 0.25) is 0 Å². The van der Waals surface area contributed by atoms with Gasteiger partial charge >= 0.3 is 6.01 Å². The van der Waals surface area contributed by atoms with Gasteiger partial charge in [0.25, 0.3) is 0 Å². The van der Waals surface area contributed by atoms with E-state index in [0.29, 0.717) is 17.5 Å². The van der Waals surface area contributed by atoms with Gasteiger partial charge in [-0.1, -0.05) is 12.1 Å². The van der Waals surface area contributed by atoms with E-state index in [4.69, 9.17) is 4.74 Å². The number of ether oxygens (including phenoxy) is 1. The second-order valence-corrected chi connectivity index (χ2v) is 7.50. The van der Waals surface area contributed by atoms with Crippen molar-refractivity contribution in [1.82, 2.24) is 24.2 Å². The molecule has 1 atom stereocenters. The number of aromatic nitrogens is 4. The average molecular weight is 393 g/mol. The van der Waals surface area contributed by atoms with Crippen molar-refractivity contribution in [2.75, 3.05) is 14.2 Å². The summed E-state index contributed by atoms with van der Waals surface area (Å²) >= 11 is 0. The van der Waals surface area contributed by atoms with Crippen molar-refractivity contribution in [2.45, 2.75) is 11.4 Å². The molecular formula is C20H19N5O2S. The van der Waals surface area contributed by atoms with Crippen molar-refractivity contribution < 1.29 is 8.95 Å². The van der Waals surface area contributed by atoms with Crippen LogP contribution in [0.3, 0.4) is 0 Å². The Morgan fingerprint density at radius 3 is 2.64 bits per heavy atom. The number of pyridine rings is 1. The van der Waals surface area contributed by atoms with Crippen molar-refractivity contribution in [3.63, 3.8) is 0 Å². The van der Waals surface area contributed by atoms with Crippen LogP contribution >= 0.6 is 0 Å². The van der Waals surface area contributed by atoms with Gasteiger partial charge in [-0.15, -0.1) is 0 Å². The van der Waals surface area contributed by atoms with E-state index >= 15 is 0 Å². The van der Waals surface area contributed by atoms with Crippen LogP contribution < -0.4 is 10.1 Å². The normalized spacial score (nSPS) is 12.2. The quantitative estimate of drug-likeness (QED) is 0.542. The van der Waals surface area contributed by atoms with E-state index in [1.54, 1.807) is 34.8 Å². The molecule has 0 aliphatic heterocycles. The lowest BCUT2D eigenvalue weighted by Crippen LogP contribution is -2.05. The maximum absolute atomic E-state index is 13.2. The highest BCUT2D eigenvalue weighted by Crippen LogP contribution is 2.29. The lowest BCUT2D eigenvalue weighted by molar-refractivity contribution is 0.380. The molecule has 0 spiro atoms. The summed E-state index contributed by atoms with van der Waals surface area (Å²) in [5, 5.41) is 4.21. The zero-order valence-electron chi connectivity index (χ0n) is 15.5. The molecule has 1 aromatic carbocycles. The van der Waals surface area contributed by atoms with E-state index in [1.807, 2.05) is 37.5 Å². The number of hydrogen-bond acceptors (Lipinski definition) is 6. The zero-order chi connectivity index (χ0) is 19.5. The van der Waals surface area contributed by atoms with Crippen LogP contribution in [0, 0.1) is 0 Å². The smallest absolute Gasteiger partial charge is 0.316 e. The van der Waals surface area contributed by atoms with Gasteiger partial charge in [0.2, 0.25) is 0 Å². The van der Waals surface area contributed by atoms with Gasteiger partial charge in [0, 0.05) is 48.5 Å². The van der Waals surface area contributed by atoms with Crippen molar-refractivity contribution in [2.24, 2.45) is 0 Å². The maximum atomic E-state index is 13.2. The molecule has 8 heteroatoms. The van der Waals surface area contributed by atoms with Crippen LogP contribution in [-0.4, -0.2) is 37.3 Å². The summed E-state index contributed by atoms with van der Waals surface area (Å²) in [5.74, 6) is 0. The first-order valence-corrected chi connectivity index (χ1v) is 9.79. The van der Waals surface area contributed by atoms with Crippen LogP contribution in [0.1, 0.15) is 5.56 Å². The van der Waals surface area contributed by atoms with Gasteiger partial charge < -0.3 is 10.1 Å². The Bertz CT molecular complexity index is 1130. The number of benzene rings is 1. The first-order valence-electron chi connectivity index (χ1n) is 8.68. The minimum Gasteiger partial charge on any atom is -0.467 e. The molecule has 0 radical (unpaired) electrons. The molecule has 0 bridgehead atoms. The highest BCUT2D eigenvalue weighted by Gasteiger charge is 2.15. The molecule has 0 saturated carbocycles. The van der Waals surface area contributed by atoms with Crippen molar-refractivity contribution in [3.8, 4) is 17.1 Å². The molecule has 28 heavy (non-hydrogen) atoms. The third-order valence-corrected chi connectivity index (χ3v) is 5.68. The predicted molar refractivity (Wildman–Crippen MR) is 108 cm³/mol. The van der Waals surface area contributed by atoms with E-state index in [1.165, 1.54) is 7.11 Å². The Hall–Kier alpha value is -3.10. The summed E-state index contributed by atoms with van der Waals surface area (Å²) in [6.45, 7) is 0.679. The number of hydrogen-bond donors (Lipinski definition) is 1. The number of methoxy groups -OCH3 is 1. The Labute approximate surface area is 165 Å². The van der Waals surface area contributed by atoms with Gasteiger partial charge in [-0.3, -0.25) is 8.96 Å². The first-order chi connectivity index (χ1) is 13.7. The van der Waals surface area contributed by atoms with Gasteiger partial charge in [0.1, 0.15) is 0 Å². The van der Waals surface area contributed by atoms with Crippen molar-refractivity contribution in [3.05, 3.63) is 66.9 Å². The predicted octanol–water partition coefficient (Wildman–Crippen LogP) is 2.79. The maximum Gasteiger partial charge on any atom is 0.316 e. The first kappa shape index (κ1) is 18.3. The summed E-state index contributed by atoms with van der Waals surface area (Å²) in [7, 11) is 2.03. The standard InChI is InChI=1S/C20H19N5O2S/c1-21-9-16-13-25(28(26)17-4-3-7-22-12-17)19-8-14(5-6-18(16)19)15-10-23-20(27-2)24-11-15/h3-8,10-13,21H,9H2,1-2H3. The molecule has 0 aliphatic rings. The van der Waals surface area contributed by atoms with Crippen LogP contribution in [-0.2, 0) is 17.5 Å². The average Bonchev–Trinajstić information content (AvgIpc) is 3.12. The largest absolute Gasteiger partial charge is 0.467 e. The van der Waals surface area contributed by atoms with Crippen molar-refractivity contribution in [1.29, 1.82) is 0 Å². The van der Waals surface area contributed by atoms with Crippen LogP contribution in [0.25, 0.3) is 22.0 Å². The van der Waals surface area contributed by atoms with E-state index in [0.717, 1.165) is 27.6 Å². The highest BCUT2D eigenvalue weighted by molar-refractivity contribution is 7.83. The highest BCUT2D eigenvalue weighted by atomic mass is 32.2. The lowest BCUT2D eigenvalue weighted by Gasteiger charge is -2.07. The molecule has 7 nitrogen and oxygen atoms in total. The Kier molecular flexibility index (Phi) is 5.14. The third-order valence-electron chi connectivity index (χ3n) is 4.38. The summed E-state index contributed by atoms with van der Waals surface area (Å²) in [6, 6.07) is 9.99. The Morgan fingerprint density at radius 1 is 1.14 bits per heavy atom. The molecule has 3 heterocycles. The summed E-state index contributed by atoms with van der Waals surface area (Å²) in [6.07, 6.45) is 8.65. The third kappa shape index (κ3) is 3.39.